The Morgan fingerprint density at radius 1 is 0.962 bits per heavy atom. The van der Waals surface area contributed by atoms with Gasteiger partial charge in [0, 0.05) is 26.2 Å². The normalized spacial score (nSPS) is 15.2. The number of nitrogens with one attached hydrogen (secondary N) is 1. The van der Waals surface area contributed by atoms with Crippen molar-refractivity contribution < 1.29 is 4.79 Å². The highest BCUT2D eigenvalue weighted by molar-refractivity contribution is 6.03. The van der Waals surface area contributed by atoms with Gasteiger partial charge in [-0.1, -0.05) is 12.1 Å². The van der Waals surface area contributed by atoms with E-state index in [1.54, 1.807) is 12.4 Å². The summed E-state index contributed by atoms with van der Waals surface area (Å²) < 4.78 is 0. The third-order valence-electron chi connectivity index (χ3n) is 4.36. The van der Waals surface area contributed by atoms with E-state index in [0.717, 1.165) is 31.7 Å². The molecule has 0 unspecified atom stereocenters. The van der Waals surface area contributed by atoms with Gasteiger partial charge in [-0.05, 0) is 19.2 Å². The molecule has 132 valence electrons. The molecule has 0 spiro atoms. The number of carbonyl (C=O) groups excluding carboxylic acids is 1. The maximum absolute atomic E-state index is 12.4. The van der Waals surface area contributed by atoms with Crippen molar-refractivity contribution in [1.82, 2.24) is 24.8 Å². The second-order valence-electron chi connectivity index (χ2n) is 6.26. The summed E-state index contributed by atoms with van der Waals surface area (Å²) in [7, 11) is 2.10. The van der Waals surface area contributed by atoms with Crippen molar-refractivity contribution in [3.05, 3.63) is 48.5 Å². The fraction of sp³-hybridized carbons (Fsp3) is 0.278. The molecule has 4 rings (SSSR count). The summed E-state index contributed by atoms with van der Waals surface area (Å²) in [5, 5.41) is 2.77. The second-order valence-corrected chi connectivity index (χ2v) is 6.26. The van der Waals surface area contributed by atoms with Gasteiger partial charge in [-0.15, -0.1) is 0 Å². The van der Waals surface area contributed by atoms with Crippen LogP contribution >= 0.6 is 0 Å². The van der Waals surface area contributed by atoms with Crippen LogP contribution in [-0.2, 0) is 0 Å². The Hall–Kier alpha value is -3.13. The highest BCUT2D eigenvalue weighted by atomic mass is 16.1. The largest absolute Gasteiger partial charge is 0.338 e. The molecule has 1 aromatic carbocycles. The lowest BCUT2D eigenvalue weighted by atomic mass is 10.3. The maximum Gasteiger partial charge on any atom is 0.275 e. The Morgan fingerprint density at radius 2 is 1.65 bits per heavy atom. The van der Waals surface area contributed by atoms with Crippen molar-refractivity contribution >= 4 is 28.6 Å². The minimum absolute atomic E-state index is 0.256. The number of carbonyl (C=O) groups is 1. The molecule has 1 aliphatic heterocycles. The summed E-state index contributed by atoms with van der Waals surface area (Å²) in [5.74, 6) is 0.348. The average molecular weight is 349 g/mol. The van der Waals surface area contributed by atoms with E-state index in [1.165, 1.54) is 6.20 Å². The molecular weight excluding hydrogens is 330 g/mol. The van der Waals surface area contributed by atoms with Crippen molar-refractivity contribution in [3.63, 3.8) is 0 Å². The molecule has 1 aliphatic rings. The summed E-state index contributed by atoms with van der Waals surface area (Å²) in [5.41, 5.74) is 2.22. The molecule has 0 atom stereocenters. The summed E-state index contributed by atoms with van der Waals surface area (Å²) >= 11 is 0. The zero-order valence-corrected chi connectivity index (χ0v) is 14.5. The number of likely N-dealkylation sites (N-methyl/N-ethyl adjacent to an activating group) is 1. The Balaban J connectivity index is 1.45. The first-order valence-corrected chi connectivity index (χ1v) is 8.48. The Kier molecular flexibility index (Phi) is 4.40. The molecule has 0 bridgehead atoms. The van der Waals surface area contributed by atoms with Gasteiger partial charge in [-0.3, -0.25) is 9.78 Å². The molecule has 8 nitrogen and oxygen atoms in total. The fourth-order valence-electron chi connectivity index (χ4n) is 2.82. The topological polar surface area (TPSA) is 87.1 Å². The van der Waals surface area contributed by atoms with Crippen LogP contribution in [0.25, 0.3) is 11.0 Å². The molecule has 1 saturated heterocycles. The van der Waals surface area contributed by atoms with Crippen LogP contribution in [0.3, 0.4) is 0 Å². The number of hydrogen-bond donors (Lipinski definition) is 1. The number of amides is 1. The molecular formula is C18H19N7O. The SMILES string of the molecule is CN1CCN(c2ncc(NC(=O)c3cnc4ccccc4n3)cn2)CC1. The van der Waals surface area contributed by atoms with Crippen LogP contribution in [0.4, 0.5) is 11.6 Å². The van der Waals surface area contributed by atoms with E-state index in [-0.39, 0.29) is 11.6 Å². The molecule has 1 fully saturated rings. The quantitative estimate of drug-likeness (QED) is 0.765. The molecule has 0 radical (unpaired) electrons. The molecule has 1 amide bonds. The number of hydrogen-bond acceptors (Lipinski definition) is 7. The molecule has 3 aromatic rings. The number of anilines is 2. The van der Waals surface area contributed by atoms with Gasteiger partial charge in [0.15, 0.2) is 0 Å². The lowest BCUT2D eigenvalue weighted by Gasteiger charge is -2.32. The number of benzene rings is 1. The van der Waals surface area contributed by atoms with E-state index >= 15 is 0 Å². The minimum Gasteiger partial charge on any atom is -0.338 e. The van der Waals surface area contributed by atoms with E-state index in [2.05, 4.69) is 42.1 Å². The van der Waals surface area contributed by atoms with Crippen LogP contribution in [0, 0.1) is 0 Å². The summed E-state index contributed by atoms with van der Waals surface area (Å²) in [6.07, 6.45) is 4.71. The maximum atomic E-state index is 12.4. The highest BCUT2D eigenvalue weighted by Gasteiger charge is 2.16. The smallest absolute Gasteiger partial charge is 0.275 e. The standard InChI is InChI=1S/C18H19N7O/c1-24-6-8-25(9-7-24)18-20-10-13(11-21-18)22-17(26)16-12-19-14-4-2-3-5-15(14)23-16/h2-5,10-12H,6-9H2,1H3,(H,22,26). The fourth-order valence-corrected chi connectivity index (χ4v) is 2.82. The number of fused-ring (bicyclic) bond motifs is 1. The number of piperazine rings is 1. The Labute approximate surface area is 150 Å². The Morgan fingerprint density at radius 3 is 2.38 bits per heavy atom. The molecule has 8 heteroatoms. The minimum atomic E-state index is -0.334. The van der Waals surface area contributed by atoms with Crippen LogP contribution in [0.15, 0.2) is 42.9 Å². The van der Waals surface area contributed by atoms with E-state index in [9.17, 15) is 4.79 Å². The summed E-state index contributed by atoms with van der Waals surface area (Å²) in [6.45, 7) is 3.77. The van der Waals surface area contributed by atoms with Crippen LogP contribution in [0.2, 0.25) is 0 Å². The number of para-hydroxylation sites is 2. The predicted molar refractivity (Wildman–Crippen MR) is 99.2 cm³/mol. The van der Waals surface area contributed by atoms with Crippen molar-refractivity contribution in [1.29, 1.82) is 0 Å². The zero-order valence-electron chi connectivity index (χ0n) is 14.5. The van der Waals surface area contributed by atoms with Gasteiger partial charge in [0.1, 0.15) is 5.69 Å². The molecule has 0 saturated carbocycles. The van der Waals surface area contributed by atoms with Crippen LogP contribution < -0.4 is 10.2 Å². The molecule has 26 heavy (non-hydrogen) atoms. The second kappa shape index (κ2) is 7.01. The van der Waals surface area contributed by atoms with Gasteiger partial charge in [0.2, 0.25) is 5.95 Å². The van der Waals surface area contributed by atoms with Gasteiger partial charge in [-0.25, -0.2) is 15.0 Å². The summed E-state index contributed by atoms with van der Waals surface area (Å²) in [6, 6.07) is 7.43. The van der Waals surface area contributed by atoms with Gasteiger partial charge in [-0.2, -0.15) is 0 Å². The van der Waals surface area contributed by atoms with Crippen LogP contribution in [0.1, 0.15) is 10.5 Å². The molecule has 0 aliphatic carbocycles. The first-order valence-electron chi connectivity index (χ1n) is 8.48. The van der Waals surface area contributed by atoms with Crippen molar-refractivity contribution in [2.45, 2.75) is 0 Å². The first kappa shape index (κ1) is 16.3. The van der Waals surface area contributed by atoms with E-state index in [1.807, 2.05) is 24.3 Å². The Bertz CT molecular complexity index is 920. The van der Waals surface area contributed by atoms with Gasteiger partial charge >= 0.3 is 0 Å². The van der Waals surface area contributed by atoms with Gasteiger partial charge < -0.3 is 15.1 Å². The first-order chi connectivity index (χ1) is 12.7. The number of nitrogens with zero attached hydrogens (tertiary/aromatic N) is 6. The monoisotopic (exact) mass is 349 g/mol. The third-order valence-corrected chi connectivity index (χ3v) is 4.36. The van der Waals surface area contributed by atoms with Crippen LogP contribution in [0.5, 0.6) is 0 Å². The lowest BCUT2D eigenvalue weighted by Crippen LogP contribution is -2.45. The van der Waals surface area contributed by atoms with Gasteiger partial charge in [0.25, 0.3) is 5.91 Å². The number of rotatable bonds is 3. The van der Waals surface area contributed by atoms with E-state index in [4.69, 9.17) is 0 Å². The van der Waals surface area contributed by atoms with Crippen molar-refractivity contribution in [2.75, 3.05) is 43.4 Å². The third kappa shape index (κ3) is 3.45. The van der Waals surface area contributed by atoms with Crippen molar-refractivity contribution in [2.24, 2.45) is 0 Å². The number of aromatic nitrogens is 4. The molecule has 2 aromatic heterocycles. The van der Waals surface area contributed by atoms with Crippen LogP contribution in [-0.4, -0.2) is 64.0 Å². The van der Waals surface area contributed by atoms with Crippen molar-refractivity contribution in [3.8, 4) is 0 Å². The molecule has 1 N–H and O–H groups in total. The summed E-state index contributed by atoms with van der Waals surface area (Å²) in [4.78, 5) is 34.1. The lowest BCUT2D eigenvalue weighted by molar-refractivity contribution is 0.102. The zero-order chi connectivity index (χ0) is 17.9. The van der Waals surface area contributed by atoms with E-state index < -0.39 is 0 Å². The van der Waals surface area contributed by atoms with Gasteiger partial charge in [0.05, 0.1) is 35.3 Å². The highest BCUT2D eigenvalue weighted by Crippen LogP contribution is 2.14. The van der Waals surface area contributed by atoms with E-state index in [0.29, 0.717) is 17.2 Å². The molecule has 3 heterocycles. The average Bonchev–Trinajstić information content (AvgIpc) is 2.69. The predicted octanol–water partition coefficient (Wildman–Crippen LogP) is 1.42.